The minimum atomic E-state index is 0.263. The molecule has 2 nitrogen and oxygen atoms in total. The first-order valence-electron chi connectivity index (χ1n) is 5.93. The monoisotopic (exact) mass is 366 g/mol. The second-order valence-electron chi connectivity index (χ2n) is 3.96. The molecule has 2 aromatic rings. The topological polar surface area (TPSA) is 18.5 Å². The van der Waals surface area contributed by atoms with Gasteiger partial charge in [-0.1, -0.05) is 59.0 Å². The van der Waals surface area contributed by atoms with Crippen LogP contribution in [0.25, 0.3) is 17.2 Å². The fraction of sp³-hybridized carbons (Fsp3) is 0.125. The van der Waals surface area contributed by atoms with E-state index in [0.29, 0.717) is 0 Å². The van der Waals surface area contributed by atoms with Crippen LogP contribution in [-0.4, -0.2) is 13.9 Å². The van der Waals surface area contributed by atoms with Crippen LogP contribution in [-0.2, 0) is 4.74 Å². The minimum absolute atomic E-state index is 0.263. The summed E-state index contributed by atoms with van der Waals surface area (Å²) in [7, 11) is 1.62. The highest BCUT2D eigenvalue weighted by molar-refractivity contribution is 14.1. The highest BCUT2D eigenvalue weighted by Crippen LogP contribution is 2.28. The number of ether oxygens (including phenoxy) is 2. The number of halogens is 1. The molecule has 98 valence electrons. The lowest BCUT2D eigenvalue weighted by Crippen LogP contribution is -1.98. The van der Waals surface area contributed by atoms with Gasteiger partial charge in [0.05, 0.1) is 0 Å². The lowest BCUT2D eigenvalue weighted by molar-refractivity contribution is 0.0511. The van der Waals surface area contributed by atoms with Gasteiger partial charge in [-0.3, -0.25) is 0 Å². The quantitative estimate of drug-likeness (QED) is 0.562. The normalized spacial score (nSPS) is 10.8. The molecule has 0 fully saturated rings. The Hall–Kier alpha value is -1.33. The maximum atomic E-state index is 5.48. The SMILES string of the molecule is COCOc1cccc(-c2ccccc2C=CI)c1. The number of hydrogen-bond donors (Lipinski definition) is 0. The third-order valence-corrected chi connectivity index (χ3v) is 3.05. The van der Waals surface area contributed by atoms with Crippen molar-refractivity contribution in [2.75, 3.05) is 13.9 Å². The van der Waals surface area contributed by atoms with Crippen LogP contribution in [0.4, 0.5) is 0 Å². The van der Waals surface area contributed by atoms with Crippen LogP contribution < -0.4 is 4.74 Å². The van der Waals surface area contributed by atoms with Crippen LogP contribution in [0.2, 0.25) is 0 Å². The van der Waals surface area contributed by atoms with Crippen LogP contribution in [0.3, 0.4) is 0 Å². The van der Waals surface area contributed by atoms with Gasteiger partial charge in [-0.25, -0.2) is 0 Å². The standard InChI is InChI=1S/C16H15IO2/c1-18-12-19-15-7-4-6-14(11-15)16-8-3-2-5-13(16)9-10-17/h2-11H,12H2,1H3. The van der Waals surface area contributed by atoms with Gasteiger partial charge in [0.2, 0.25) is 0 Å². The fourth-order valence-electron chi connectivity index (χ4n) is 1.85. The molecular formula is C16H15IO2. The van der Waals surface area contributed by atoms with Crippen molar-refractivity contribution in [3.05, 3.63) is 58.2 Å². The average molecular weight is 366 g/mol. The summed E-state index contributed by atoms with van der Waals surface area (Å²) in [5.74, 6) is 0.813. The van der Waals surface area contributed by atoms with Crippen LogP contribution in [0.5, 0.6) is 5.75 Å². The Morgan fingerprint density at radius 1 is 1.11 bits per heavy atom. The molecule has 0 radical (unpaired) electrons. The Balaban J connectivity index is 2.36. The van der Waals surface area contributed by atoms with Gasteiger partial charge < -0.3 is 9.47 Å². The molecule has 3 heteroatoms. The van der Waals surface area contributed by atoms with Crippen LogP contribution in [0, 0.1) is 0 Å². The summed E-state index contributed by atoms with van der Waals surface area (Å²) in [5.41, 5.74) is 3.53. The van der Waals surface area contributed by atoms with Crippen LogP contribution in [0.15, 0.2) is 52.6 Å². The highest BCUT2D eigenvalue weighted by atomic mass is 127. The van der Waals surface area contributed by atoms with Gasteiger partial charge in [-0.15, -0.1) is 0 Å². The molecule has 0 amide bonds. The van der Waals surface area contributed by atoms with Crippen molar-refractivity contribution >= 4 is 28.7 Å². The molecule has 0 aromatic heterocycles. The van der Waals surface area contributed by atoms with E-state index in [9.17, 15) is 0 Å². The molecular weight excluding hydrogens is 351 g/mol. The largest absolute Gasteiger partial charge is 0.468 e. The first kappa shape index (κ1) is 14.1. The van der Waals surface area contributed by atoms with Crippen molar-refractivity contribution in [3.63, 3.8) is 0 Å². The molecule has 0 atom stereocenters. The molecule has 0 aliphatic carbocycles. The predicted octanol–water partition coefficient (Wildman–Crippen LogP) is 4.74. The summed E-state index contributed by atoms with van der Waals surface area (Å²) >= 11 is 2.23. The Morgan fingerprint density at radius 3 is 2.74 bits per heavy atom. The number of benzene rings is 2. The molecule has 0 spiro atoms. The fourth-order valence-corrected chi connectivity index (χ4v) is 2.24. The summed E-state index contributed by atoms with van der Waals surface area (Å²) < 4.78 is 12.4. The van der Waals surface area contributed by atoms with Crippen molar-refractivity contribution in [2.45, 2.75) is 0 Å². The van der Waals surface area contributed by atoms with Gasteiger partial charge in [0, 0.05) is 7.11 Å². The van der Waals surface area contributed by atoms with Crippen LogP contribution >= 0.6 is 22.6 Å². The predicted molar refractivity (Wildman–Crippen MR) is 87.4 cm³/mol. The van der Waals surface area contributed by atoms with Crippen molar-refractivity contribution in [2.24, 2.45) is 0 Å². The molecule has 0 N–H and O–H groups in total. The Labute approximate surface area is 127 Å². The van der Waals surface area contributed by atoms with E-state index < -0.39 is 0 Å². The molecule has 0 aliphatic heterocycles. The molecule has 0 aliphatic rings. The van der Waals surface area contributed by atoms with Gasteiger partial charge >= 0.3 is 0 Å². The first-order valence-corrected chi connectivity index (χ1v) is 7.17. The van der Waals surface area contributed by atoms with E-state index in [1.165, 1.54) is 11.1 Å². The van der Waals surface area contributed by atoms with Gasteiger partial charge in [-0.2, -0.15) is 0 Å². The van der Waals surface area contributed by atoms with E-state index >= 15 is 0 Å². The van der Waals surface area contributed by atoms with E-state index in [1.54, 1.807) is 7.11 Å². The molecule has 2 rings (SSSR count). The Kier molecular flexibility index (Phi) is 5.42. The van der Waals surface area contributed by atoms with E-state index in [1.807, 2.05) is 34.4 Å². The first-order chi connectivity index (χ1) is 9.35. The summed E-state index contributed by atoms with van der Waals surface area (Å²) in [4.78, 5) is 0. The summed E-state index contributed by atoms with van der Waals surface area (Å²) in [6.45, 7) is 0.263. The zero-order valence-corrected chi connectivity index (χ0v) is 12.8. The van der Waals surface area contributed by atoms with Gasteiger partial charge in [-0.05, 0) is 39.0 Å². The van der Waals surface area contributed by atoms with E-state index in [4.69, 9.17) is 9.47 Å². The third kappa shape index (κ3) is 3.81. The highest BCUT2D eigenvalue weighted by Gasteiger charge is 2.03. The number of hydrogen-bond acceptors (Lipinski definition) is 2. The Bertz CT molecular complexity index is 564. The number of methoxy groups -OCH3 is 1. The molecule has 0 unspecified atom stereocenters. The van der Waals surface area contributed by atoms with Crippen LogP contribution in [0.1, 0.15) is 5.56 Å². The van der Waals surface area contributed by atoms with Gasteiger partial charge in [0.25, 0.3) is 0 Å². The molecule has 0 saturated heterocycles. The van der Waals surface area contributed by atoms with Crippen molar-refractivity contribution in [3.8, 4) is 16.9 Å². The molecule has 19 heavy (non-hydrogen) atoms. The minimum Gasteiger partial charge on any atom is -0.468 e. The second kappa shape index (κ2) is 7.31. The van der Waals surface area contributed by atoms with Crippen molar-refractivity contribution in [1.29, 1.82) is 0 Å². The molecule has 0 bridgehead atoms. The molecule has 0 saturated carbocycles. The van der Waals surface area contributed by atoms with E-state index in [2.05, 4.69) is 46.9 Å². The number of rotatable bonds is 5. The zero-order valence-electron chi connectivity index (χ0n) is 10.7. The molecule has 2 aromatic carbocycles. The summed E-state index contributed by atoms with van der Waals surface area (Å²) in [6.07, 6.45) is 2.10. The van der Waals surface area contributed by atoms with Gasteiger partial charge in [0.15, 0.2) is 6.79 Å². The summed E-state index contributed by atoms with van der Waals surface area (Å²) in [5, 5.41) is 0. The van der Waals surface area contributed by atoms with E-state index in [0.717, 1.165) is 11.3 Å². The lowest BCUT2D eigenvalue weighted by Gasteiger charge is -2.09. The maximum Gasteiger partial charge on any atom is 0.188 e. The summed E-state index contributed by atoms with van der Waals surface area (Å²) in [6, 6.07) is 16.3. The maximum absolute atomic E-state index is 5.48. The third-order valence-electron chi connectivity index (χ3n) is 2.69. The average Bonchev–Trinajstić information content (AvgIpc) is 2.46. The molecule has 0 heterocycles. The second-order valence-corrected chi connectivity index (χ2v) is 4.68. The Morgan fingerprint density at radius 2 is 1.95 bits per heavy atom. The zero-order chi connectivity index (χ0) is 13.5. The van der Waals surface area contributed by atoms with E-state index in [-0.39, 0.29) is 6.79 Å². The lowest BCUT2D eigenvalue weighted by atomic mass is 10.00. The van der Waals surface area contributed by atoms with Gasteiger partial charge in [0.1, 0.15) is 5.75 Å². The van der Waals surface area contributed by atoms with Crippen molar-refractivity contribution < 1.29 is 9.47 Å². The van der Waals surface area contributed by atoms with Crippen molar-refractivity contribution in [1.82, 2.24) is 0 Å². The smallest absolute Gasteiger partial charge is 0.188 e.